The number of hydrogen-bond donors (Lipinski definition) is 1. The van der Waals surface area contributed by atoms with Crippen molar-refractivity contribution in [2.45, 2.75) is 31.5 Å². The molecule has 23 heavy (non-hydrogen) atoms. The fraction of sp³-hybridized carbons (Fsp3) is 0.538. The van der Waals surface area contributed by atoms with Crippen molar-refractivity contribution in [1.29, 1.82) is 0 Å². The Morgan fingerprint density at radius 2 is 2.17 bits per heavy atom. The summed E-state index contributed by atoms with van der Waals surface area (Å²) in [7, 11) is 0. The third-order valence-electron chi connectivity index (χ3n) is 3.27. The van der Waals surface area contributed by atoms with Gasteiger partial charge < -0.3 is 14.6 Å². The third kappa shape index (κ3) is 3.95. The predicted molar refractivity (Wildman–Crippen MR) is 71.5 cm³/mol. The summed E-state index contributed by atoms with van der Waals surface area (Å²) in [6, 6.07) is 0.818. The number of nitrogens with one attached hydrogen (secondary N) is 1. The number of ether oxygens (including phenoxy) is 1. The first-order valence-corrected chi connectivity index (χ1v) is 7.10. The molecule has 0 spiro atoms. The van der Waals surface area contributed by atoms with E-state index in [4.69, 9.17) is 9.26 Å². The van der Waals surface area contributed by atoms with Crippen molar-refractivity contribution in [3.63, 3.8) is 0 Å². The molecule has 3 heterocycles. The van der Waals surface area contributed by atoms with E-state index in [1.165, 1.54) is 0 Å². The van der Waals surface area contributed by atoms with Crippen LogP contribution < -0.4 is 5.32 Å². The third-order valence-corrected chi connectivity index (χ3v) is 3.27. The van der Waals surface area contributed by atoms with Gasteiger partial charge in [-0.3, -0.25) is 0 Å². The summed E-state index contributed by atoms with van der Waals surface area (Å²) in [5.41, 5.74) is -0.991. The van der Waals surface area contributed by atoms with Crippen LogP contribution in [-0.2, 0) is 17.3 Å². The Morgan fingerprint density at radius 3 is 2.91 bits per heavy atom. The summed E-state index contributed by atoms with van der Waals surface area (Å²) >= 11 is 0. The normalized spacial score (nSPS) is 18.3. The second-order valence-electron chi connectivity index (χ2n) is 4.99. The fourth-order valence-electron chi connectivity index (χ4n) is 2.16. The molecule has 1 aliphatic heterocycles. The van der Waals surface area contributed by atoms with Crippen LogP contribution >= 0.6 is 0 Å². The summed E-state index contributed by atoms with van der Waals surface area (Å²) < 4.78 is 48.2. The van der Waals surface area contributed by atoms with Crippen LogP contribution in [0.25, 0.3) is 0 Å². The molecule has 0 bridgehead atoms. The Bertz CT molecular complexity index is 655. The van der Waals surface area contributed by atoms with Gasteiger partial charge in [0.2, 0.25) is 5.95 Å². The molecule has 0 radical (unpaired) electrons. The van der Waals surface area contributed by atoms with Crippen LogP contribution in [0.1, 0.15) is 36.4 Å². The average Bonchev–Trinajstić information content (AvgIpc) is 3.18. The standard InChI is InChI=1S/C13H14F3N5O2/c14-13(15,16)9-3-5-17-12(19-9)18-6-4-10-20-11(23-21-10)8-2-1-7-22-8/h3,5,8H,1-2,4,6-7H2,(H,17,18,19). The largest absolute Gasteiger partial charge is 0.433 e. The van der Waals surface area contributed by atoms with Crippen molar-refractivity contribution >= 4 is 5.95 Å². The molecular weight excluding hydrogens is 315 g/mol. The van der Waals surface area contributed by atoms with Crippen molar-refractivity contribution in [3.8, 4) is 0 Å². The first kappa shape index (κ1) is 15.7. The molecule has 7 nitrogen and oxygen atoms in total. The van der Waals surface area contributed by atoms with Gasteiger partial charge in [-0.2, -0.15) is 18.2 Å². The molecule has 124 valence electrons. The summed E-state index contributed by atoms with van der Waals surface area (Å²) in [6.45, 7) is 0.961. The number of alkyl halides is 3. The lowest BCUT2D eigenvalue weighted by molar-refractivity contribution is -0.141. The lowest BCUT2D eigenvalue weighted by atomic mass is 10.2. The summed E-state index contributed by atoms with van der Waals surface area (Å²) in [5, 5.41) is 6.53. The first-order valence-electron chi connectivity index (χ1n) is 7.10. The van der Waals surface area contributed by atoms with E-state index in [-0.39, 0.29) is 18.6 Å². The maximum absolute atomic E-state index is 12.5. The Kier molecular flexibility index (Phi) is 4.42. The van der Waals surface area contributed by atoms with Crippen LogP contribution in [0, 0.1) is 0 Å². The van der Waals surface area contributed by atoms with Crippen molar-refractivity contribution in [1.82, 2.24) is 20.1 Å². The highest BCUT2D eigenvalue weighted by molar-refractivity contribution is 5.26. The molecule has 0 saturated carbocycles. The Hall–Kier alpha value is -2.23. The zero-order valence-electron chi connectivity index (χ0n) is 12.0. The van der Waals surface area contributed by atoms with Gasteiger partial charge in [-0.05, 0) is 18.9 Å². The quantitative estimate of drug-likeness (QED) is 0.901. The molecule has 2 aromatic heterocycles. The molecule has 3 rings (SSSR count). The monoisotopic (exact) mass is 329 g/mol. The summed E-state index contributed by atoms with van der Waals surface area (Å²) in [4.78, 5) is 11.4. The maximum atomic E-state index is 12.5. The highest BCUT2D eigenvalue weighted by Gasteiger charge is 2.32. The van der Waals surface area contributed by atoms with Gasteiger partial charge in [0.05, 0.1) is 0 Å². The van der Waals surface area contributed by atoms with Crippen LogP contribution in [0.5, 0.6) is 0 Å². The minimum absolute atomic E-state index is 0.0948. The second kappa shape index (κ2) is 6.49. The zero-order chi connectivity index (χ0) is 16.3. The second-order valence-corrected chi connectivity index (χ2v) is 4.99. The molecule has 1 saturated heterocycles. The van der Waals surface area contributed by atoms with E-state index in [0.717, 1.165) is 25.1 Å². The lowest BCUT2D eigenvalue weighted by Crippen LogP contribution is -2.13. The number of aromatic nitrogens is 4. The molecule has 0 aromatic carbocycles. The average molecular weight is 329 g/mol. The van der Waals surface area contributed by atoms with Gasteiger partial charge >= 0.3 is 6.18 Å². The van der Waals surface area contributed by atoms with E-state index >= 15 is 0 Å². The maximum Gasteiger partial charge on any atom is 0.433 e. The van der Waals surface area contributed by atoms with Gasteiger partial charge in [-0.1, -0.05) is 5.16 Å². The summed E-state index contributed by atoms with van der Waals surface area (Å²) in [5.74, 6) is 0.797. The first-order chi connectivity index (χ1) is 11.0. The van der Waals surface area contributed by atoms with Crippen LogP contribution in [0.15, 0.2) is 16.8 Å². The molecule has 1 atom stereocenters. The molecule has 1 fully saturated rings. The van der Waals surface area contributed by atoms with Gasteiger partial charge in [0, 0.05) is 25.8 Å². The Labute approximate surface area is 129 Å². The van der Waals surface area contributed by atoms with E-state index in [0.29, 0.717) is 24.7 Å². The number of nitrogens with zero attached hydrogens (tertiary/aromatic N) is 4. The fourth-order valence-corrected chi connectivity index (χ4v) is 2.16. The van der Waals surface area contributed by atoms with Crippen LogP contribution in [0.4, 0.5) is 19.1 Å². The molecule has 1 aliphatic rings. The smallest absolute Gasteiger partial charge is 0.368 e. The number of rotatable bonds is 5. The molecule has 0 amide bonds. The predicted octanol–water partition coefficient (Wildman–Crippen LogP) is 2.38. The molecule has 2 aromatic rings. The van der Waals surface area contributed by atoms with E-state index in [1.54, 1.807) is 0 Å². The van der Waals surface area contributed by atoms with Crippen molar-refractivity contribution in [3.05, 3.63) is 29.7 Å². The molecule has 10 heteroatoms. The van der Waals surface area contributed by atoms with Gasteiger partial charge in [-0.25, -0.2) is 9.97 Å². The lowest BCUT2D eigenvalue weighted by Gasteiger charge is -2.07. The van der Waals surface area contributed by atoms with Crippen LogP contribution in [-0.4, -0.2) is 33.3 Å². The highest BCUT2D eigenvalue weighted by Crippen LogP contribution is 2.28. The van der Waals surface area contributed by atoms with Crippen molar-refractivity contribution in [2.24, 2.45) is 0 Å². The van der Waals surface area contributed by atoms with Gasteiger partial charge in [-0.15, -0.1) is 0 Å². The SMILES string of the molecule is FC(F)(F)c1ccnc(NCCc2noc(C3CCCO3)n2)n1. The number of halogens is 3. The van der Waals surface area contributed by atoms with Crippen LogP contribution in [0.3, 0.4) is 0 Å². The zero-order valence-corrected chi connectivity index (χ0v) is 12.0. The minimum atomic E-state index is -4.50. The van der Waals surface area contributed by atoms with Gasteiger partial charge in [0.25, 0.3) is 5.89 Å². The van der Waals surface area contributed by atoms with E-state index in [2.05, 4.69) is 25.4 Å². The Balaban J connectivity index is 1.53. The number of anilines is 1. The van der Waals surface area contributed by atoms with Crippen molar-refractivity contribution < 1.29 is 22.4 Å². The minimum Gasteiger partial charge on any atom is -0.368 e. The molecule has 1 N–H and O–H groups in total. The molecular formula is C13H14F3N5O2. The van der Waals surface area contributed by atoms with Gasteiger partial charge in [0.1, 0.15) is 11.8 Å². The number of hydrogen-bond acceptors (Lipinski definition) is 7. The summed E-state index contributed by atoms with van der Waals surface area (Å²) in [6.07, 6.45) is -1.42. The highest BCUT2D eigenvalue weighted by atomic mass is 19.4. The molecule has 1 unspecified atom stereocenters. The van der Waals surface area contributed by atoms with Crippen LogP contribution in [0.2, 0.25) is 0 Å². The van der Waals surface area contributed by atoms with E-state index in [9.17, 15) is 13.2 Å². The van der Waals surface area contributed by atoms with Crippen molar-refractivity contribution in [2.75, 3.05) is 18.5 Å². The van der Waals surface area contributed by atoms with E-state index < -0.39 is 11.9 Å². The topological polar surface area (TPSA) is 86.0 Å². The Morgan fingerprint density at radius 1 is 1.30 bits per heavy atom. The van der Waals surface area contributed by atoms with E-state index in [1.807, 2.05) is 0 Å². The molecule has 0 aliphatic carbocycles. The van der Waals surface area contributed by atoms with Gasteiger partial charge in [0.15, 0.2) is 5.82 Å².